The van der Waals surface area contributed by atoms with Gasteiger partial charge in [0.1, 0.15) is 5.82 Å². The molecule has 0 saturated heterocycles. The topological polar surface area (TPSA) is 59.2 Å². The predicted molar refractivity (Wildman–Crippen MR) is 82.3 cm³/mol. The number of carbonyl (C=O) groups excluding carboxylic acids is 1. The maximum atomic E-state index is 13.8. The van der Waals surface area contributed by atoms with Gasteiger partial charge in [0, 0.05) is 23.8 Å². The lowest BCUT2D eigenvalue weighted by molar-refractivity contribution is -0.131. The highest BCUT2D eigenvalue weighted by Gasteiger charge is 2.32. The van der Waals surface area contributed by atoms with Crippen molar-refractivity contribution in [3.63, 3.8) is 0 Å². The summed E-state index contributed by atoms with van der Waals surface area (Å²) in [5, 5.41) is 0. The lowest BCUT2D eigenvalue weighted by atomic mass is 10.1. The van der Waals surface area contributed by atoms with Crippen LogP contribution in [0.15, 0.2) is 42.6 Å². The maximum absolute atomic E-state index is 13.8. The number of nitrogens with zero attached hydrogens (tertiary/aromatic N) is 2. The van der Waals surface area contributed by atoms with Crippen molar-refractivity contribution < 1.29 is 9.18 Å². The number of hydrogen-bond donors (Lipinski definition) is 1. The van der Waals surface area contributed by atoms with E-state index in [0.717, 1.165) is 12.8 Å². The van der Waals surface area contributed by atoms with E-state index >= 15 is 0 Å². The summed E-state index contributed by atoms with van der Waals surface area (Å²) in [5.41, 5.74) is 7.39. The maximum Gasteiger partial charge on any atom is 0.229 e. The van der Waals surface area contributed by atoms with E-state index in [1.165, 1.54) is 6.07 Å². The molecule has 1 fully saturated rings. The Morgan fingerprint density at radius 1 is 1.27 bits per heavy atom. The fraction of sp³-hybridized carbons (Fsp3) is 0.294. The molecule has 114 valence electrons. The second kappa shape index (κ2) is 6.13. The highest BCUT2D eigenvalue weighted by atomic mass is 19.1. The van der Waals surface area contributed by atoms with Gasteiger partial charge in [0.15, 0.2) is 0 Å². The van der Waals surface area contributed by atoms with Crippen LogP contribution in [-0.2, 0) is 17.8 Å². The van der Waals surface area contributed by atoms with E-state index in [1.807, 2.05) is 0 Å². The molecule has 0 atom stereocenters. The number of nitrogen functional groups attached to an aromatic ring is 1. The molecule has 22 heavy (non-hydrogen) atoms. The minimum atomic E-state index is -0.272. The second-order valence-corrected chi connectivity index (χ2v) is 5.60. The van der Waals surface area contributed by atoms with Crippen LogP contribution in [0.3, 0.4) is 0 Å². The van der Waals surface area contributed by atoms with Gasteiger partial charge in [0.25, 0.3) is 0 Å². The first-order valence-corrected chi connectivity index (χ1v) is 7.37. The van der Waals surface area contributed by atoms with Crippen LogP contribution in [0.2, 0.25) is 0 Å². The van der Waals surface area contributed by atoms with Gasteiger partial charge in [0.05, 0.1) is 18.3 Å². The summed E-state index contributed by atoms with van der Waals surface area (Å²) >= 11 is 0. The van der Waals surface area contributed by atoms with Gasteiger partial charge in [-0.05, 0) is 31.0 Å². The fourth-order valence-corrected chi connectivity index (χ4v) is 2.41. The van der Waals surface area contributed by atoms with Crippen molar-refractivity contribution in [3.8, 4) is 0 Å². The van der Waals surface area contributed by atoms with Crippen LogP contribution >= 0.6 is 0 Å². The molecule has 1 aromatic heterocycles. The van der Waals surface area contributed by atoms with E-state index in [2.05, 4.69) is 4.98 Å². The van der Waals surface area contributed by atoms with Gasteiger partial charge < -0.3 is 10.6 Å². The molecular weight excluding hydrogens is 281 g/mol. The second-order valence-electron chi connectivity index (χ2n) is 5.60. The van der Waals surface area contributed by atoms with Crippen molar-refractivity contribution >= 4 is 11.6 Å². The standard InChI is InChI=1S/C17H18FN3O/c18-16-4-2-1-3-12(16)11-21(15-7-8-15)17(22)9-14-6-5-13(19)10-20-14/h1-6,10,15H,7-9,11,19H2. The summed E-state index contributed by atoms with van der Waals surface area (Å²) in [4.78, 5) is 18.4. The molecule has 1 saturated carbocycles. The Morgan fingerprint density at radius 2 is 2.05 bits per heavy atom. The Morgan fingerprint density at radius 3 is 2.68 bits per heavy atom. The molecule has 1 aliphatic rings. The van der Waals surface area contributed by atoms with E-state index in [-0.39, 0.29) is 24.2 Å². The highest BCUT2D eigenvalue weighted by Crippen LogP contribution is 2.29. The minimum absolute atomic E-state index is 0.0250. The Balaban J connectivity index is 1.72. The van der Waals surface area contributed by atoms with E-state index in [9.17, 15) is 9.18 Å². The summed E-state index contributed by atoms with van der Waals surface area (Å²) in [6, 6.07) is 10.3. The number of aromatic nitrogens is 1. The molecule has 4 nitrogen and oxygen atoms in total. The molecule has 1 heterocycles. The first-order valence-electron chi connectivity index (χ1n) is 7.37. The van der Waals surface area contributed by atoms with Crippen LogP contribution in [0, 0.1) is 5.82 Å². The van der Waals surface area contributed by atoms with Gasteiger partial charge >= 0.3 is 0 Å². The average molecular weight is 299 g/mol. The Labute approximate surface area is 128 Å². The molecule has 1 aliphatic carbocycles. The summed E-state index contributed by atoms with van der Waals surface area (Å²) in [6.07, 6.45) is 3.72. The molecule has 0 spiro atoms. The van der Waals surface area contributed by atoms with Crippen molar-refractivity contribution in [2.45, 2.75) is 31.8 Å². The van der Waals surface area contributed by atoms with Gasteiger partial charge in [-0.3, -0.25) is 9.78 Å². The third-order valence-corrected chi connectivity index (χ3v) is 3.79. The van der Waals surface area contributed by atoms with Crippen LogP contribution < -0.4 is 5.73 Å². The van der Waals surface area contributed by atoms with Gasteiger partial charge in [-0.1, -0.05) is 18.2 Å². The summed E-state index contributed by atoms with van der Waals surface area (Å²) in [7, 11) is 0. The smallest absolute Gasteiger partial charge is 0.229 e. The fourth-order valence-electron chi connectivity index (χ4n) is 2.41. The zero-order chi connectivity index (χ0) is 15.5. The molecule has 2 aromatic rings. The lowest BCUT2D eigenvalue weighted by Crippen LogP contribution is -2.34. The number of anilines is 1. The first kappa shape index (κ1) is 14.5. The molecule has 1 amide bonds. The van der Waals surface area contributed by atoms with Crippen molar-refractivity contribution in [1.29, 1.82) is 0 Å². The summed E-state index contributed by atoms with van der Waals surface area (Å²) in [5.74, 6) is -0.297. The SMILES string of the molecule is Nc1ccc(CC(=O)N(Cc2ccccc2F)C2CC2)nc1. The Hall–Kier alpha value is -2.43. The lowest BCUT2D eigenvalue weighted by Gasteiger charge is -2.22. The van der Waals surface area contributed by atoms with Gasteiger partial charge in [-0.2, -0.15) is 0 Å². The number of hydrogen-bond acceptors (Lipinski definition) is 3. The number of pyridine rings is 1. The van der Waals surface area contributed by atoms with Crippen LogP contribution in [0.25, 0.3) is 0 Å². The first-order chi connectivity index (χ1) is 10.6. The van der Waals surface area contributed by atoms with Crippen molar-refractivity contribution in [1.82, 2.24) is 9.88 Å². The minimum Gasteiger partial charge on any atom is -0.397 e. The Kier molecular flexibility index (Phi) is 4.04. The number of halogens is 1. The third-order valence-electron chi connectivity index (χ3n) is 3.79. The molecule has 2 N–H and O–H groups in total. The quantitative estimate of drug-likeness (QED) is 0.923. The van der Waals surface area contributed by atoms with Crippen molar-refractivity contribution in [2.24, 2.45) is 0 Å². The monoisotopic (exact) mass is 299 g/mol. The van der Waals surface area contributed by atoms with Crippen LogP contribution in [0.4, 0.5) is 10.1 Å². The Bertz CT molecular complexity index is 668. The largest absolute Gasteiger partial charge is 0.397 e. The third kappa shape index (κ3) is 3.42. The summed E-state index contributed by atoms with van der Waals surface area (Å²) in [6.45, 7) is 0.311. The molecular formula is C17H18FN3O. The van der Waals surface area contributed by atoms with Gasteiger partial charge in [-0.25, -0.2) is 4.39 Å². The molecule has 0 radical (unpaired) electrons. The average Bonchev–Trinajstić information content (AvgIpc) is 3.33. The highest BCUT2D eigenvalue weighted by molar-refractivity contribution is 5.79. The van der Waals surface area contributed by atoms with Crippen LogP contribution in [0.1, 0.15) is 24.1 Å². The normalized spacial score (nSPS) is 13.9. The predicted octanol–water partition coefficient (Wildman–Crippen LogP) is 2.54. The van der Waals surface area contributed by atoms with E-state index in [4.69, 9.17) is 5.73 Å². The number of rotatable bonds is 5. The molecule has 0 unspecified atom stereocenters. The molecule has 0 aliphatic heterocycles. The van der Waals surface area contributed by atoms with Crippen molar-refractivity contribution in [2.75, 3.05) is 5.73 Å². The van der Waals surface area contributed by atoms with Gasteiger partial charge in [0.2, 0.25) is 5.91 Å². The molecule has 1 aromatic carbocycles. The number of benzene rings is 1. The number of carbonyl (C=O) groups is 1. The molecule has 5 heteroatoms. The van der Waals surface area contributed by atoms with Crippen LogP contribution in [0.5, 0.6) is 0 Å². The van der Waals surface area contributed by atoms with Gasteiger partial charge in [-0.15, -0.1) is 0 Å². The summed E-state index contributed by atoms with van der Waals surface area (Å²) < 4.78 is 13.8. The van der Waals surface area contributed by atoms with E-state index in [0.29, 0.717) is 23.5 Å². The van der Waals surface area contributed by atoms with Crippen LogP contribution in [-0.4, -0.2) is 21.8 Å². The number of amides is 1. The van der Waals surface area contributed by atoms with E-state index in [1.54, 1.807) is 41.4 Å². The van der Waals surface area contributed by atoms with E-state index < -0.39 is 0 Å². The molecule has 0 bridgehead atoms. The van der Waals surface area contributed by atoms with Crippen molar-refractivity contribution in [3.05, 3.63) is 59.7 Å². The zero-order valence-corrected chi connectivity index (χ0v) is 12.2. The molecule has 3 rings (SSSR count). The zero-order valence-electron chi connectivity index (χ0n) is 12.2. The number of nitrogens with two attached hydrogens (primary N) is 1.